The molecule has 0 fully saturated rings. The normalized spacial score (nSPS) is 11.8. The fourth-order valence-corrected chi connectivity index (χ4v) is 4.44. The van der Waals surface area contributed by atoms with Crippen LogP contribution in [0.15, 0.2) is 102 Å². The van der Waals surface area contributed by atoms with Gasteiger partial charge in [0.15, 0.2) is 0 Å². The highest BCUT2D eigenvalue weighted by atomic mass is 16.5. The lowest BCUT2D eigenvalue weighted by molar-refractivity contribution is -0.271. The molecule has 6 nitrogen and oxygen atoms in total. The number of benzene rings is 4. The molecule has 0 saturated carbocycles. The Kier molecular flexibility index (Phi) is 6.71. The van der Waals surface area contributed by atoms with E-state index >= 15 is 0 Å². The molecule has 0 aliphatic rings. The van der Waals surface area contributed by atoms with Gasteiger partial charge in [-0.2, -0.15) is 4.58 Å². The van der Waals surface area contributed by atoms with E-state index < -0.39 is 0 Å². The minimum atomic E-state index is -0.331. The second-order valence-corrected chi connectivity index (χ2v) is 9.09. The number of anilines is 3. The first-order valence-corrected chi connectivity index (χ1v) is 12.3. The van der Waals surface area contributed by atoms with Gasteiger partial charge < -0.3 is 19.5 Å². The molecule has 0 bridgehead atoms. The number of ether oxygens (including phenoxy) is 2. The van der Waals surface area contributed by atoms with Gasteiger partial charge in [-0.15, -0.1) is 0 Å². The van der Waals surface area contributed by atoms with Crippen LogP contribution in [0.3, 0.4) is 0 Å². The Morgan fingerprint density at radius 1 is 0.632 bits per heavy atom. The molecule has 38 heavy (non-hydrogen) atoms. The summed E-state index contributed by atoms with van der Waals surface area (Å²) in [6, 6.07) is 30.1. The van der Waals surface area contributed by atoms with Gasteiger partial charge in [0.05, 0.1) is 19.9 Å². The van der Waals surface area contributed by atoms with E-state index in [0.29, 0.717) is 22.9 Å². The zero-order chi connectivity index (χ0) is 26.8. The maximum absolute atomic E-state index is 13.9. The monoisotopic (exact) mass is 504 g/mol. The van der Waals surface area contributed by atoms with E-state index in [9.17, 15) is 9.90 Å². The zero-order valence-corrected chi connectivity index (χ0v) is 21.8. The van der Waals surface area contributed by atoms with E-state index in [4.69, 9.17) is 9.47 Å². The van der Waals surface area contributed by atoms with Crippen molar-refractivity contribution in [1.29, 1.82) is 0 Å². The van der Waals surface area contributed by atoms with Crippen molar-refractivity contribution in [2.24, 2.45) is 0 Å². The Morgan fingerprint density at radius 3 is 1.47 bits per heavy atom. The van der Waals surface area contributed by atoms with Gasteiger partial charge in [-0.1, -0.05) is 35.4 Å². The highest BCUT2D eigenvalue weighted by Crippen LogP contribution is 2.37. The van der Waals surface area contributed by atoms with Crippen LogP contribution < -0.4 is 34.8 Å². The minimum absolute atomic E-state index is 0.0969. The molecule has 0 aliphatic heterocycles. The Bertz CT molecular complexity index is 1640. The fraction of sp³-hybridized carbons (Fsp3) is 0.125. The van der Waals surface area contributed by atoms with Crippen molar-refractivity contribution in [3.8, 4) is 17.2 Å². The van der Waals surface area contributed by atoms with Crippen molar-refractivity contribution < 1.29 is 14.6 Å². The number of hydrogen-bond donors (Lipinski definition) is 0. The van der Waals surface area contributed by atoms with Gasteiger partial charge in [0.1, 0.15) is 11.5 Å². The van der Waals surface area contributed by atoms with E-state index in [2.05, 4.69) is 0 Å². The van der Waals surface area contributed by atoms with Crippen LogP contribution in [-0.2, 0) is 0 Å². The summed E-state index contributed by atoms with van der Waals surface area (Å²) < 4.78 is 12.3. The van der Waals surface area contributed by atoms with E-state index in [0.717, 1.165) is 22.5 Å². The SMILES string of the molecule is COc1ccc(N(c2ccc(C)cc2)c2c([O-])c(=[N+](c3ccc(C)cc3)c3ccc(OC)cc3)c2=O)cc1. The smallest absolute Gasteiger partial charge is 0.272 e. The molecular weight excluding hydrogens is 476 g/mol. The molecule has 0 amide bonds. The van der Waals surface area contributed by atoms with E-state index in [1.54, 1.807) is 23.7 Å². The number of nitrogens with zero attached hydrogens (tertiary/aromatic N) is 2. The predicted octanol–water partition coefficient (Wildman–Crippen LogP) is 5.54. The molecule has 0 heterocycles. The van der Waals surface area contributed by atoms with Crippen LogP contribution in [-0.4, -0.2) is 14.2 Å². The van der Waals surface area contributed by atoms with Gasteiger partial charge in [0, 0.05) is 35.6 Å². The molecular formula is C32H28N2O4. The van der Waals surface area contributed by atoms with Gasteiger partial charge >= 0.3 is 0 Å². The Hall–Kier alpha value is -4.84. The lowest BCUT2D eigenvalue weighted by Crippen LogP contribution is -2.46. The minimum Gasteiger partial charge on any atom is -0.866 e. The molecule has 5 aromatic carbocycles. The standard InChI is InChI=1S/C32H28N2O4/c1-21-5-9-23(10-6-21)33(25-13-17-27(37-3)18-14-25)29-31(35)30(32(29)36)34(24-11-7-22(2)8-12-24)26-15-19-28(38-4)20-16-26/h5-20H,1-4H3. The lowest BCUT2D eigenvalue weighted by Gasteiger charge is -2.30. The van der Waals surface area contributed by atoms with Gasteiger partial charge in [0.25, 0.3) is 10.8 Å². The average molecular weight is 505 g/mol. The van der Waals surface area contributed by atoms with Crippen LogP contribution in [0.1, 0.15) is 11.1 Å². The Morgan fingerprint density at radius 2 is 1.03 bits per heavy atom. The van der Waals surface area contributed by atoms with E-state index in [1.807, 2.05) is 111 Å². The third-order valence-electron chi connectivity index (χ3n) is 6.55. The molecule has 5 aromatic rings. The number of rotatable bonds is 7. The largest absolute Gasteiger partial charge is 0.866 e. The molecule has 0 atom stereocenters. The summed E-state index contributed by atoms with van der Waals surface area (Å²) in [5.41, 5.74) is 4.76. The van der Waals surface area contributed by atoms with Gasteiger partial charge in [-0.25, -0.2) is 0 Å². The molecule has 0 aliphatic carbocycles. The second-order valence-electron chi connectivity index (χ2n) is 9.09. The maximum atomic E-state index is 13.9. The van der Waals surface area contributed by atoms with Crippen molar-refractivity contribution in [1.82, 2.24) is 4.58 Å². The quantitative estimate of drug-likeness (QED) is 0.273. The van der Waals surface area contributed by atoms with E-state index in [-0.39, 0.29) is 22.2 Å². The summed E-state index contributed by atoms with van der Waals surface area (Å²) >= 11 is 0. The second kappa shape index (κ2) is 10.3. The first-order valence-electron chi connectivity index (χ1n) is 12.3. The van der Waals surface area contributed by atoms with Gasteiger partial charge in [-0.05, 0) is 68.1 Å². The third-order valence-corrected chi connectivity index (χ3v) is 6.55. The summed E-state index contributed by atoms with van der Waals surface area (Å²) in [7, 11) is 3.20. The Balaban J connectivity index is 1.75. The van der Waals surface area contributed by atoms with Crippen LogP contribution in [0.4, 0.5) is 28.4 Å². The molecule has 0 aromatic heterocycles. The van der Waals surface area contributed by atoms with Crippen molar-refractivity contribution in [2.45, 2.75) is 13.8 Å². The summed E-state index contributed by atoms with van der Waals surface area (Å²) in [5, 5.41) is 14.0. The van der Waals surface area contributed by atoms with Crippen LogP contribution in [0, 0.1) is 13.8 Å². The summed E-state index contributed by atoms with van der Waals surface area (Å²) in [6.07, 6.45) is 0. The van der Waals surface area contributed by atoms with Crippen molar-refractivity contribution in [3.05, 3.63) is 124 Å². The Labute approximate surface area is 221 Å². The number of hydrogen-bond acceptors (Lipinski definition) is 5. The number of aryl methyl sites for hydroxylation is 2. The third kappa shape index (κ3) is 4.52. The highest BCUT2D eigenvalue weighted by molar-refractivity contribution is 5.82. The average Bonchev–Trinajstić information content (AvgIpc) is 2.96. The molecule has 190 valence electrons. The lowest BCUT2D eigenvalue weighted by atomic mass is 10.1. The fourth-order valence-electron chi connectivity index (χ4n) is 4.44. The van der Waals surface area contributed by atoms with Crippen LogP contribution >= 0.6 is 0 Å². The summed E-state index contributed by atoms with van der Waals surface area (Å²) in [6.45, 7) is 3.99. The van der Waals surface area contributed by atoms with E-state index in [1.165, 1.54) is 0 Å². The molecule has 0 saturated heterocycles. The highest BCUT2D eigenvalue weighted by Gasteiger charge is 2.29. The van der Waals surface area contributed by atoms with Gasteiger partial charge in [0.2, 0.25) is 11.4 Å². The number of methoxy groups -OCH3 is 2. The summed E-state index contributed by atoms with van der Waals surface area (Å²) in [4.78, 5) is 15.6. The first-order chi connectivity index (χ1) is 18.4. The molecule has 0 radical (unpaired) electrons. The summed E-state index contributed by atoms with van der Waals surface area (Å²) in [5.74, 6) is 1.04. The first kappa shape index (κ1) is 24.8. The molecule has 0 N–H and O–H groups in total. The van der Waals surface area contributed by atoms with Gasteiger partial charge in [-0.3, -0.25) is 4.79 Å². The topological polar surface area (TPSA) is 64.8 Å². The predicted molar refractivity (Wildman–Crippen MR) is 149 cm³/mol. The molecule has 0 unspecified atom stereocenters. The van der Waals surface area contributed by atoms with Crippen molar-refractivity contribution in [2.75, 3.05) is 19.1 Å². The van der Waals surface area contributed by atoms with Crippen molar-refractivity contribution >= 4 is 28.4 Å². The zero-order valence-electron chi connectivity index (χ0n) is 21.8. The maximum Gasteiger partial charge on any atom is 0.272 e. The molecule has 0 spiro atoms. The van der Waals surface area contributed by atoms with Crippen molar-refractivity contribution in [3.63, 3.8) is 0 Å². The van der Waals surface area contributed by atoms with Crippen LogP contribution in [0.2, 0.25) is 0 Å². The molecule has 5 rings (SSSR count). The van der Waals surface area contributed by atoms with Crippen LogP contribution in [0.25, 0.3) is 0 Å². The van der Waals surface area contributed by atoms with Crippen LogP contribution in [0.5, 0.6) is 17.2 Å². The molecule has 6 heteroatoms.